The summed E-state index contributed by atoms with van der Waals surface area (Å²) >= 11 is 6.77. The van der Waals surface area contributed by atoms with Gasteiger partial charge in [0.25, 0.3) is 0 Å². The molecule has 0 heterocycles. The first-order valence-electron chi connectivity index (χ1n) is 5.03. The van der Waals surface area contributed by atoms with E-state index in [0.717, 1.165) is 0 Å². The summed E-state index contributed by atoms with van der Waals surface area (Å²) in [6.45, 7) is 0. The predicted molar refractivity (Wildman–Crippen MR) is 68.9 cm³/mol. The van der Waals surface area contributed by atoms with Crippen LogP contribution in [0, 0.1) is 5.82 Å². The van der Waals surface area contributed by atoms with Crippen LogP contribution < -0.4 is 0 Å². The van der Waals surface area contributed by atoms with Crippen LogP contribution in [0.2, 0.25) is 5.02 Å². The minimum atomic E-state index is -1.01. The van der Waals surface area contributed by atoms with Crippen LogP contribution >= 0.6 is 23.4 Å². The van der Waals surface area contributed by atoms with Gasteiger partial charge in [0.2, 0.25) is 0 Å². The highest BCUT2D eigenvalue weighted by atomic mass is 35.5. The number of carboxylic acid groups (broad SMARTS) is 1. The zero-order valence-corrected chi connectivity index (χ0v) is 10.6. The van der Waals surface area contributed by atoms with E-state index in [1.807, 2.05) is 0 Å². The van der Waals surface area contributed by atoms with Gasteiger partial charge in [0.1, 0.15) is 5.82 Å². The Morgan fingerprint density at radius 1 is 1.22 bits per heavy atom. The van der Waals surface area contributed by atoms with Gasteiger partial charge in [-0.25, -0.2) is 9.18 Å². The molecular weight excluding hydrogens is 275 g/mol. The molecule has 0 atom stereocenters. The van der Waals surface area contributed by atoms with E-state index in [0.29, 0.717) is 9.79 Å². The van der Waals surface area contributed by atoms with E-state index in [9.17, 15) is 9.18 Å². The highest BCUT2D eigenvalue weighted by Gasteiger charge is 2.11. The molecule has 0 aliphatic rings. The summed E-state index contributed by atoms with van der Waals surface area (Å²) in [5.41, 5.74) is 0.192. The fraction of sp³-hybridized carbons (Fsp3) is 0. The summed E-state index contributed by atoms with van der Waals surface area (Å²) in [4.78, 5) is 12.2. The molecule has 0 amide bonds. The molecule has 0 aliphatic carbocycles. The van der Waals surface area contributed by atoms with Crippen LogP contribution in [0.5, 0.6) is 0 Å². The Balaban J connectivity index is 2.34. The molecule has 0 aliphatic heterocycles. The molecule has 0 saturated carbocycles. The average Bonchev–Trinajstić information content (AvgIpc) is 2.34. The predicted octanol–water partition coefficient (Wildman–Crippen LogP) is 4.33. The van der Waals surface area contributed by atoms with Gasteiger partial charge in [-0.2, -0.15) is 0 Å². The van der Waals surface area contributed by atoms with Crippen LogP contribution in [-0.2, 0) is 0 Å². The molecule has 0 aromatic heterocycles. The molecule has 18 heavy (non-hydrogen) atoms. The molecule has 2 aromatic rings. The fourth-order valence-electron chi connectivity index (χ4n) is 1.40. The molecule has 0 unspecified atom stereocenters. The molecule has 0 fully saturated rings. The first-order chi connectivity index (χ1) is 8.58. The van der Waals surface area contributed by atoms with Gasteiger partial charge in [-0.1, -0.05) is 35.5 Å². The highest BCUT2D eigenvalue weighted by molar-refractivity contribution is 7.99. The summed E-state index contributed by atoms with van der Waals surface area (Å²) in [5, 5.41) is 9.08. The van der Waals surface area contributed by atoms with Crippen molar-refractivity contribution in [3.05, 3.63) is 58.9 Å². The molecule has 0 spiro atoms. The van der Waals surface area contributed by atoms with E-state index in [1.54, 1.807) is 24.3 Å². The van der Waals surface area contributed by atoms with Gasteiger partial charge < -0.3 is 5.11 Å². The van der Waals surface area contributed by atoms with Crippen molar-refractivity contribution >= 4 is 29.3 Å². The molecule has 5 heteroatoms. The molecule has 2 nitrogen and oxygen atoms in total. The van der Waals surface area contributed by atoms with Crippen LogP contribution in [0.25, 0.3) is 0 Å². The van der Waals surface area contributed by atoms with Gasteiger partial charge in [0.15, 0.2) is 0 Å². The standard InChI is InChI=1S/C13H8ClFO2S/c14-10-6-5-8(7-11(10)15)18-12-4-2-1-3-9(12)13(16)17/h1-7H,(H,16,17). The lowest BCUT2D eigenvalue weighted by molar-refractivity contribution is 0.0693. The highest BCUT2D eigenvalue weighted by Crippen LogP contribution is 2.32. The number of aromatic carboxylic acids is 1. The maximum atomic E-state index is 13.3. The first kappa shape index (κ1) is 12.9. The average molecular weight is 283 g/mol. The quantitative estimate of drug-likeness (QED) is 0.910. The Bertz CT molecular complexity index is 601. The van der Waals surface area contributed by atoms with Crippen LogP contribution in [0.1, 0.15) is 10.4 Å². The van der Waals surface area contributed by atoms with Crippen molar-refractivity contribution in [1.29, 1.82) is 0 Å². The number of rotatable bonds is 3. The lowest BCUT2D eigenvalue weighted by Crippen LogP contribution is -1.97. The van der Waals surface area contributed by atoms with Gasteiger partial charge in [-0.05, 0) is 30.3 Å². The normalized spacial score (nSPS) is 10.3. The lowest BCUT2D eigenvalue weighted by atomic mass is 10.2. The van der Waals surface area contributed by atoms with Crippen molar-refractivity contribution in [3.63, 3.8) is 0 Å². The third kappa shape index (κ3) is 2.83. The maximum absolute atomic E-state index is 13.3. The third-order valence-corrected chi connectivity index (χ3v) is 3.61. The second-order valence-electron chi connectivity index (χ2n) is 3.48. The Hall–Kier alpha value is -1.52. The molecular formula is C13H8ClFO2S. The number of halogens is 2. The number of hydrogen-bond donors (Lipinski definition) is 1. The summed E-state index contributed by atoms with van der Waals surface area (Å²) < 4.78 is 13.3. The maximum Gasteiger partial charge on any atom is 0.336 e. The second kappa shape index (κ2) is 5.42. The second-order valence-corrected chi connectivity index (χ2v) is 5.00. The molecule has 0 saturated heterocycles. The Labute approximate surface area is 112 Å². The van der Waals surface area contributed by atoms with E-state index in [-0.39, 0.29) is 10.6 Å². The van der Waals surface area contributed by atoms with Crippen molar-refractivity contribution in [1.82, 2.24) is 0 Å². The molecule has 2 rings (SSSR count). The van der Waals surface area contributed by atoms with Crippen molar-refractivity contribution in [2.45, 2.75) is 9.79 Å². The zero-order chi connectivity index (χ0) is 13.1. The largest absolute Gasteiger partial charge is 0.478 e. The van der Waals surface area contributed by atoms with Crippen LogP contribution in [0.3, 0.4) is 0 Å². The fourth-order valence-corrected chi connectivity index (χ4v) is 2.48. The zero-order valence-electron chi connectivity index (χ0n) is 9.06. The summed E-state index contributed by atoms with van der Waals surface area (Å²) in [5.74, 6) is -1.53. The van der Waals surface area contributed by atoms with Gasteiger partial charge >= 0.3 is 5.97 Å². The minimum absolute atomic E-state index is 0.0471. The van der Waals surface area contributed by atoms with Gasteiger partial charge in [0, 0.05) is 9.79 Å². The molecule has 92 valence electrons. The monoisotopic (exact) mass is 282 g/mol. The van der Waals surface area contributed by atoms with Crippen molar-refractivity contribution in [3.8, 4) is 0 Å². The van der Waals surface area contributed by atoms with E-state index in [2.05, 4.69) is 0 Å². The van der Waals surface area contributed by atoms with Crippen molar-refractivity contribution < 1.29 is 14.3 Å². The smallest absolute Gasteiger partial charge is 0.336 e. The Morgan fingerprint density at radius 2 is 1.94 bits per heavy atom. The van der Waals surface area contributed by atoms with Crippen LogP contribution in [0.15, 0.2) is 52.3 Å². The number of hydrogen-bond acceptors (Lipinski definition) is 2. The van der Waals surface area contributed by atoms with Crippen molar-refractivity contribution in [2.75, 3.05) is 0 Å². The lowest BCUT2D eigenvalue weighted by Gasteiger charge is -2.05. The summed E-state index contributed by atoms with van der Waals surface area (Å²) in [6, 6.07) is 11.0. The van der Waals surface area contributed by atoms with E-state index < -0.39 is 11.8 Å². The molecule has 0 radical (unpaired) electrons. The third-order valence-electron chi connectivity index (χ3n) is 2.24. The molecule has 2 aromatic carbocycles. The van der Waals surface area contributed by atoms with Crippen molar-refractivity contribution in [2.24, 2.45) is 0 Å². The molecule has 1 N–H and O–H groups in total. The summed E-state index contributed by atoms with van der Waals surface area (Å²) in [6.07, 6.45) is 0. The van der Waals surface area contributed by atoms with Crippen LogP contribution in [0.4, 0.5) is 4.39 Å². The van der Waals surface area contributed by atoms with Gasteiger partial charge in [0.05, 0.1) is 10.6 Å². The number of carbonyl (C=O) groups is 1. The Kier molecular flexibility index (Phi) is 3.89. The van der Waals surface area contributed by atoms with Gasteiger partial charge in [-0.15, -0.1) is 0 Å². The van der Waals surface area contributed by atoms with E-state index >= 15 is 0 Å². The SMILES string of the molecule is O=C(O)c1ccccc1Sc1ccc(Cl)c(F)c1. The first-order valence-corrected chi connectivity index (χ1v) is 6.22. The topological polar surface area (TPSA) is 37.3 Å². The molecule has 0 bridgehead atoms. The number of benzene rings is 2. The van der Waals surface area contributed by atoms with Crippen LogP contribution in [-0.4, -0.2) is 11.1 Å². The summed E-state index contributed by atoms with van der Waals surface area (Å²) in [7, 11) is 0. The van der Waals surface area contributed by atoms with E-state index in [4.69, 9.17) is 16.7 Å². The van der Waals surface area contributed by atoms with Gasteiger partial charge in [-0.3, -0.25) is 0 Å². The minimum Gasteiger partial charge on any atom is -0.478 e. The Morgan fingerprint density at radius 3 is 2.61 bits per heavy atom. The number of carboxylic acids is 1. The van der Waals surface area contributed by atoms with E-state index in [1.165, 1.54) is 30.0 Å².